The molecule has 0 unspecified atom stereocenters. The standard InChI is InChI=1S/C19H25NO3S/c1-2-23-19(22)16-13-5-3-4-6-15(13)24-18(16)20-17(21)14-10-11-7-8-12(14)9-11/h11-12,14H,2-10H2,1H3,(H,20,21)/t11-,12-,14-/m1/s1. The second-order valence-electron chi connectivity index (χ2n) is 7.41. The first kappa shape index (κ1) is 16.1. The Hall–Kier alpha value is -1.36. The van der Waals surface area contributed by atoms with E-state index in [0.717, 1.165) is 48.6 Å². The topological polar surface area (TPSA) is 55.4 Å². The van der Waals surface area contributed by atoms with E-state index >= 15 is 0 Å². The van der Waals surface area contributed by atoms with Gasteiger partial charge in [-0.25, -0.2) is 4.79 Å². The van der Waals surface area contributed by atoms with Gasteiger partial charge in [-0.1, -0.05) is 6.42 Å². The zero-order chi connectivity index (χ0) is 16.7. The molecule has 1 aromatic rings. The van der Waals surface area contributed by atoms with E-state index in [-0.39, 0.29) is 17.8 Å². The lowest BCUT2D eigenvalue weighted by Crippen LogP contribution is -2.27. The van der Waals surface area contributed by atoms with Gasteiger partial charge in [0.15, 0.2) is 0 Å². The number of rotatable bonds is 4. The average molecular weight is 347 g/mol. The van der Waals surface area contributed by atoms with Gasteiger partial charge in [-0.2, -0.15) is 0 Å². The Morgan fingerprint density at radius 3 is 2.75 bits per heavy atom. The molecule has 5 heteroatoms. The minimum absolute atomic E-state index is 0.117. The summed E-state index contributed by atoms with van der Waals surface area (Å²) in [6.45, 7) is 2.19. The van der Waals surface area contributed by atoms with Crippen LogP contribution in [0.4, 0.5) is 5.00 Å². The Bertz CT molecular complexity index is 666. The molecule has 2 bridgehead atoms. The number of aryl methyl sites for hydroxylation is 1. The van der Waals surface area contributed by atoms with E-state index in [0.29, 0.717) is 18.1 Å². The molecule has 1 aromatic heterocycles. The molecule has 3 atom stereocenters. The molecule has 4 nitrogen and oxygen atoms in total. The highest BCUT2D eigenvalue weighted by Crippen LogP contribution is 2.49. The monoisotopic (exact) mass is 347 g/mol. The number of amides is 1. The van der Waals surface area contributed by atoms with E-state index in [1.165, 1.54) is 24.1 Å². The normalized spacial score (nSPS) is 27.8. The molecule has 1 amide bonds. The summed E-state index contributed by atoms with van der Waals surface area (Å²) in [6.07, 6.45) is 8.91. The second-order valence-corrected chi connectivity index (χ2v) is 8.51. The number of anilines is 1. The number of ether oxygens (including phenoxy) is 1. The first-order valence-electron chi connectivity index (χ1n) is 9.30. The van der Waals surface area contributed by atoms with E-state index in [9.17, 15) is 9.59 Å². The summed E-state index contributed by atoms with van der Waals surface area (Å²) in [7, 11) is 0. The van der Waals surface area contributed by atoms with Gasteiger partial charge in [-0.3, -0.25) is 4.79 Å². The molecular weight excluding hydrogens is 322 g/mol. The van der Waals surface area contributed by atoms with Gasteiger partial charge in [0, 0.05) is 10.8 Å². The predicted molar refractivity (Wildman–Crippen MR) is 94.5 cm³/mol. The van der Waals surface area contributed by atoms with E-state index in [1.807, 2.05) is 6.92 Å². The van der Waals surface area contributed by atoms with Crippen molar-refractivity contribution in [1.29, 1.82) is 0 Å². The van der Waals surface area contributed by atoms with Crippen LogP contribution in [0, 0.1) is 17.8 Å². The zero-order valence-corrected chi connectivity index (χ0v) is 15.0. The Morgan fingerprint density at radius 2 is 2.04 bits per heavy atom. The van der Waals surface area contributed by atoms with Gasteiger partial charge in [0.25, 0.3) is 0 Å². The summed E-state index contributed by atoms with van der Waals surface area (Å²) in [5.74, 6) is 1.27. The van der Waals surface area contributed by atoms with Crippen molar-refractivity contribution in [1.82, 2.24) is 0 Å². The number of hydrogen-bond acceptors (Lipinski definition) is 4. The van der Waals surface area contributed by atoms with Crippen molar-refractivity contribution < 1.29 is 14.3 Å². The van der Waals surface area contributed by atoms with Crippen molar-refractivity contribution >= 4 is 28.2 Å². The highest BCUT2D eigenvalue weighted by molar-refractivity contribution is 7.17. The molecule has 2 fully saturated rings. The third-order valence-electron chi connectivity index (χ3n) is 5.96. The Kier molecular flexibility index (Phi) is 4.37. The summed E-state index contributed by atoms with van der Waals surface area (Å²) in [5.41, 5.74) is 1.75. The molecule has 0 spiro atoms. The maximum atomic E-state index is 12.8. The lowest BCUT2D eigenvalue weighted by Gasteiger charge is -2.20. The van der Waals surface area contributed by atoms with Crippen LogP contribution in [-0.2, 0) is 22.4 Å². The number of fused-ring (bicyclic) bond motifs is 3. The molecular formula is C19H25NO3S. The Balaban J connectivity index is 1.58. The third kappa shape index (κ3) is 2.77. The predicted octanol–water partition coefficient (Wildman–Crippen LogP) is 4.18. The van der Waals surface area contributed by atoms with Crippen LogP contribution in [0.5, 0.6) is 0 Å². The molecule has 3 aliphatic rings. The van der Waals surface area contributed by atoms with Gasteiger partial charge in [-0.15, -0.1) is 11.3 Å². The van der Waals surface area contributed by atoms with Gasteiger partial charge in [0.2, 0.25) is 5.91 Å². The maximum Gasteiger partial charge on any atom is 0.341 e. The molecule has 0 radical (unpaired) electrons. The number of carbonyl (C=O) groups is 2. The summed E-state index contributed by atoms with van der Waals surface area (Å²) in [6, 6.07) is 0. The molecule has 24 heavy (non-hydrogen) atoms. The lowest BCUT2D eigenvalue weighted by molar-refractivity contribution is -0.121. The van der Waals surface area contributed by atoms with Crippen LogP contribution < -0.4 is 5.32 Å². The number of carbonyl (C=O) groups excluding carboxylic acids is 2. The van der Waals surface area contributed by atoms with Crippen LogP contribution in [0.15, 0.2) is 0 Å². The van der Waals surface area contributed by atoms with Gasteiger partial charge in [0.1, 0.15) is 5.00 Å². The van der Waals surface area contributed by atoms with Crippen molar-refractivity contribution in [2.75, 3.05) is 11.9 Å². The van der Waals surface area contributed by atoms with Crippen LogP contribution in [0.1, 0.15) is 66.2 Å². The fourth-order valence-corrected chi connectivity index (χ4v) is 6.12. The summed E-state index contributed by atoms with van der Waals surface area (Å²) < 4.78 is 5.27. The van der Waals surface area contributed by atoms with Gasteiger partial charge in [-0.05, 0) is 69.3 Å². The zero-order valence-electron chi connectivity index (χ0n) is 14.2. The number of thiophene rings is 1. The molecule has 0 aromatic carbocycles. The van der Waals surface area contributed by atoms with Crippen molar-refractivity contribution in [2.45, 2.75) is 58.3 Å². The number of esters is 1. The average Bonchev–Trinajstić information content (AvgIpc) is 3.28. The van der Waals surface area contributed by atoms with E-state index in [2.05, 4.69) is 5.32 Å². The largest absolute Gasteiger partial charge is 0.462 e. The smallest absolute Gasteiger partial charge is 0.341 e. The Morgan fingerprint density at radius 1 is 1.21 bits per heavy atom. The molecule has 4 rings (SSSR count). The summed E-state index contributed by atoms with van der Waals surface area (Å²) >= 11 is 1.59. The first-order valence-corrected chi connectivity index (χ1v) is 10.1. The van der Waals surface area contributed by atoms with Gasteiger partial charge >= 0.3 is 5.97 Å². The van der Waals surface area contributed by atoms with Crippen molar-refractivity contribution in [2.24, 2.45) is 17.8 Å². The van der Waals surface area contributed by atoms with Crippen molar-refractivity contribution in [3.8, 4) is 0 Å². The van der Waals surface area contributed by atoms with Crippen molar-refractivity contribution in [3.05, 3.63) is 16.0 Å². The number of nitrogens with one attached hydrogen (secondary N) is 1. The minimum atomic E-state index is -0.278. The van der Waals surface area contributed by atoms with Gasteiger partial charge < -0.3 is 10.1 Å². The highest BCUT2D eigenvalue weighted by Gasteiger charge is 2.43. The van der Waals surface area contributed by atoms with E-state index in [4.69, 9.17) is 4.74 Å². The quantitative estimate of drug-likeness (QED) is 0.831. The highest BCUT2D eigenvalue weighted by atomic mass is 32.1. The summed E-state index contributed by atoms with van der Waals surface area (Å²) in [4.78, 5) is 26.5. The van der Waals surface area contributed by atoms with Crippen LogP contribution in [0.25, 0.3) is 0 Å². The van der Waals surface area contributed by atoms with Gasteiger partial charge in [0.05, 0.1) is 12.2 Å². The maximum absolute atomic E-state index is 12.8. The second kappa shape index (κ2) is 6.51. The fraction of sp³-hybridized carbons (Fsp3) is 0.684. The molecule has 1 N–H and O–H groups in total. The lowest BCUT2D eigenvalue weighted by atomic mass is 9.88. The summed E-state index contributed by atoms with van der Waals surface area (Å²) in [5, 5.41) is 3.84. The van der Waals surface area contributed by atoms with E-state index < -0.39 is 0 Å². The Labute approximate surface area is 147 Å². The van der Waals surface area contributed by atoms with Crippen LogP contribution >= 0.6 is 11.3 Å². The molecule has 0 aliphatic heterocycles. The first-order chi connectivity index (χ1) is 11.7. The SMILES string of the molecule is CCOC(=O)c1c(NC(=O)[C@@H]2C[C@@H]3CC[C@@H]2C3)sc2c1CCCC2. The van der Waals surface area contributed by atoms with Crippen molar-refractivity contribution in [3.63, 3.8) is 0 Å². The van der Waals surface area contributed by atoms with E-state index in [1.54, 1.807) is 11.3 Å². The molecule has 0 saturated heterocycles. The molecule has 130 valence electrons. The fourth-order valence-electron chi connectivity index (χ4n) is 4.84. The third-order valence-corrected chi connectivity index (χ3v) is 7.17. The molecule has 3 aliphatic carbocycles. The van der Waals surface area contributed by atoms with Crippen LogP contribution in [-0.4, -0.2) is 18.5 Å². The molecule has 2 saturated carbocycles. The number of hydrogen-bond donors (Lipinski definition) is 1. The van der Waals surface area contributed by atoms with Crippen LogP contribution in [0.2, 0.25) is 0 Å². The minimum Gasteiger partial charge on any atom is -0.462 e. The molecule has 1 heterocycles. The van der Waals surface area contributed by atoms with Crippen LogP contribution in [0.3, 0.4) is 0 Å².